The van der Waals surface area contributed by atoms with Gasteiger partial charge >= 0.3 is 0 Å². The molecule has 52 valence electrons. The molecule has 0 spiro atoms. The maximum absolute atomic E-state index is 5.16. The van der Waals surface area contributed by atoms with Crippen LogP contribution in [0.15, 0.2) is 12.3 Å². The van der Waals surface area contributed by atoms with Gasteiger partial charge in [0.25, 0.3) is 0 Å². The number of hydrogen-bond acceptors (Lipinski definition) is 2. The average Bonchev–Trinajstić information content (AvgIpc) is 2.67. The second-order valence-corrected chi connectivity index (χ2v) is 2.44. The van der Waals surface area contributed by atoms with Crippen molar-refractivity contribution >= 4 is 0 Å². The number of fused-ring (bicyclic) bond motifs is 1. The van der Waals surface area contributed by atoms with Crippen molar-refractivity contribution in [3.63, 3.8) is 0 Å². The molecule has 0 aromatic carbocycles. The average molecular weight is 135 g/mol. The first-order valence-electron chi connectivity index (χ1n) is 3.57. The molecule has 2 heterocycles. The molecule has 0 aliphatic carbocycles. The molecule has 0 atom stereocenters. The standard InChI is InChI=1S/C8H9NO/c1-2-3-6-8-7(10-8)4-5-9-6/h4-5H,2-3H2,1H3. The largest absolute Gasteiger partial charge is 0.447 e. The van der Waals surface area contributed by atoms with Gasteiger partial charge < -0.3 is 4.74 Å². The fraction of sp³-hybridized carbons (Fsp3) is 0.375. The molecule has 0 amide bonds. The summed E-state index contributed by atoms with van der Waals surface area (Å²) in [6, 6.07) is 1.90. The maximum atomic E-state index is 5.16. The van der Waals surface area contributed by atoms with Gasteiger partial charge in [0.05, 0.1) is 5.69 Å². The normalized spacial score (nSPS) is 12.1. The highest BCUT2D eigenvalue weighted by Crippen LogP contribution is 2.46. The molecule has 0 saturated heterocycles. The van der Waals surface area contributed by atoms with E-state index >= 15 is 0 Å². The van der Waals surface area contributed by atoms with Crippen LogP contribution in [0, 0.1) is 0 Å². The predicted molar refractivity (Wildman–Crippen MR) is 38.3 cm³/mol. The van der Waals surface area contributed by atoms with E-state index in [2.05, 4.69) is 11.9 Å². The lowest BCUT2D eigenvalue weighted by molar-refractivity contribution is 0.639. The Balaban J connectivity index is 2.29. The van der Waals surface area contributed by atoms with Crippen LogP contribution in [0.5, 0.6) is 11.5 Å². The number of rotatable bonds is 2. The lowest BCUT2D eigenvalue weighted by Gasteiger charge is -1.89. The lowest BCUT2D eigenvalue weighted by Crippen LogP contribution is -1.82. The fourth-order valence-corrected chi connectivity index (χ4v) is 1.06. The van der Waals surface area contributed by atoms with Crippen LogP contribution in [0.2, 0.25) is 0 Å². The Morgan fingerprint density at radius 2 is 2.50 bits per heavy atom. The third kappa shape index (κ3) is 0.764. The molecule has 0 fully saturated rings. The first-order chi connectivity index (χ1) is 4.92. The van der Waals surface area contributed by atoms with Crippen molar-refractivity contribution in [3.05, 3.63) is 18.0 Å². The van der Waals surface area contributed by atoms with E-state index in [4.69, 9.17) is 4.74 Å². The number of ether oxygens (including phenoxy) is 1. The number of pyridine rings is 1. The van der Waals surface area contributed by atoms with Gasteiger partial charge in [0.1, 0.15) is 0 Å². The van der Waals surface area contributed by atoms with Crippen molar-refractivity contribution in [1.29, 1.82) is 0 Å². The minimum atomic E-state index is 1.01. The third-order valence-electron chi connectivity index (χ3n) is 1.60. The highest BCUT2D eigenvalue weighted by molar-refractivity contribution is 5.56. The second kappa shape index (κ2) is 1.97. The van der Waals surface area contributed by atoms with E-state index in [0.29, 0.717) is 0 Å². The summed E-state index contributed by atoms with van der Waals surface area (Å²) >= 11 is 0. The van der Waals surface area contributed by atoms with Crippen molar-refractivity contribution in [2.75, 3.05) is 0 Å². The van der Waals surface area contributed by atoms with Crippen LogP contribution in [-0.2, 0) is 6.42 Å². The molecule has 0 N–H and O–H groups in total. The molecule has 2 nitrogen and oxygen atoms in total. The SMILES string of the molecule is CCCc1nccc2c1O2. The summed E-state index contributed by atoms with van der Waals surface area (Å²) in [6.45, 7) is 2.14. The topological polar surface area (TPSA) is 25.4 Å². The minimum absolute atomic E-state index is 1.01. The first kappa shape index (κ1) is 5.71. The van der Waals surface area contributed by atoms with Crippen molar-refractivity contribution < 1.29 is 4.74 Å². The summed E-state index contributed by atoms with van der Waals surface area (Å²) in [6.07, 6.45) is 3.97. The van der Waals surface area contributed by atoms with Gasteiger partial charge in [-0.2, -0.15) is 0 Å². The van der Waals surface area contributed by atoms with Gasteiger partial charge in [0.2, 0.25) is 0 Å². The number of aromatic nitrogens is 1. The molecule has 2 rings (SSSR count). The van der Waals surface area contributed by atoms with E-state index in [1.807, 2.05) is 6.07 Å². The van der Waals surface area contributed by atoms with Crippen LogP contribution in [0.25, 0.3) is 0 Å². The van der Waals surface area contributed by atoms with Gasteiger partial charge in [-0.05, 0) is 6.42 Å². The summed E-state index contributed by atoms with van der Waals surface area (Å²) < 4.78 is 5.16. The summed E-state index contributed by atoms with van der Waals surface area (Å²) in [5.41, 5.74) is 1.11. The monoisotopic (exact) mass is 135 g/mol. The summed E-state index contributed by atoms with van der Waals surface area (Å²) in [7, 11) is 0. The molecule has 1 aliphatic rings. The third-order valence-corrected chi connectivity index (χ3v) is 1.60. The lowest BCUT2D eigenvalue weighted by atomic mass is 10.2. The van der Waals surface area contributed by atoms with E-state index in [0.717, 1.165) is 30.0 Å². The zero-order valence-electron chi connectivity index (χ0n) is 5.92. The van der Waals surface area contributed by atoms with Crippen molar-refractivity contribution in [1.82, 2.24) is 4.98 Å². The van der Waals surface area contributed by atoms with Crippen LogP contribution < -0.4 is 4.74 Å². The maximum Gasteiger partial charge on any atom is 0.191 e. The van der Waals surface area contributed by atoms with Crippen molar-refractivity contribution in [3.8, 4) is 11.5 Å². The van der Waals surface area contributed by atoms with Gasteiger partial charge in [-0.1, -0.05) is 13.3 Å². The fourth-order valence-electron chi connectivity index (χ4n) is 1.06. The van der Waals surface area contributed by atoms with Crippen molar-refractivity contribution in [2.24, 2.45) is 0 Å². The highest BCUT2D eigenvalue weighted by atomic mass is 16.6. The van der Waals surface area contributed by atoms with E-state index < -0.39 is 0 Å². The predicted octanol–water partition coefficient (Wildman–Crippen LogP) is 2.14. The Bertz CT molecular complexity index is 257. The van der Waals surface area contributed by atoms with Crippen LogP contribution in [0.4, 0.5) is 0 Å². The Morgan fingerprint density at radius 1 is 1.60 bits per heavy atom. The molecule has 0 radical (unpaired) electrons. The molecule has 1 aromatic rings. The van der Waals surface area contributed by atoms with Crippen LogP contribution in [0.3, 0.4) is 0 Å². The molecule has 1 aromatic heterocycles. The molecule has 2 heteroatoms. The molecular weight excluding hydrogens is 126 g/mol. The molecular formula is C8H9NO. The Labute approximate surface area is 59.9 Å². The van der Waals surface area contributed by atoms with Crippen LogP contribution >= 0.6 is 0 Å². The zero-order chi connectivity index (χ0) is 6.97. The van der Waals surface area contributed by atoms with Gasteiger partial charge in [0, 0.05) is 12.3 Å². The van der Waals surface area contributed by atoms with Gasteiger partial charge in [-0.25, -0.2) is 0 Å². The molecule has 10 heavy (non-hydrogen) atoms. The van der Waals surface area contributed by atoms with E-state index in [-0.39, 0.29) is 0 Å². The smallest absolute Gasteiger partial charge is 0.191 e. The summed E-state index contributed by atoms with van der Waals surface area (Å²) in [5, 5.41) is 0. The summed E-state index contributed by atoms with van der Waals surface area (Å²) in [5.74, 6) is 2.03. The second-order valence-electron chi connectivity index (χ2n) is 2.44. The first-order valence-corrected chi connectivity index (χ1v) is 3.57. The highest BCUT2D eigenvalue weighted by Gasteiger charge is 2.23. The molecule has 1 aliphatic heterocycles. The molecule has 0 bridgehead atoms. The van der Waals surface area contributed by atoms with Crippen LogP contribution in [-0.4, -0.2) is 4.98 Å². The Morgan fingerprint density at radius 3 is 3.30 bits per heavy atom. The number of nitrogens with zero attached hydrogens (tertiary/aromatic N) is 1. The minimum Gasteiger partial charge on any atom is -0.447 e. The van der Waals surface area contributed by atoms with E-state index in [9.17, 15) is 0 Å². The quantitative estimate of drug-likeness (QED) is 0.589. The number of hydrogen-bond donors (Lipinski definition) is 0. The summed E-state index contributed by atoms with van der Waals surface area (Å²) in [4.78, 5) is 4.20. The van der Waals surface area contributed by atoms with Gasteiger partial charge in [-0.3, -0.25) is 4.98 Å². The zero-order valence-corrected chi connectivity index (χ0v) is 5.92. The van der Waals surface area contributed by atoms with E-state index in [1.165, 1.54) is 0 Å². The molecule has 0 unspecified atom stereocenters. The Kier molecular flexibility index (Phi) is 1.13. The Hall–Kier alpha value is -1.05. The van der Waals surface area contributed by atoms with Crippen molar-refractivity contribution in [2.45, 2.75) is 19.8 Å². The van der Waals surface area contributed by atoms with Crippen LogP contribution in [0.1, 0.15) is 19.0 Å². The number of aryl methyl sites for hydroxylation is 1. The van der Waals surface area contributed by atoms with Gasteiger partial charge in [-0.15, -0.1) is 0 Å². The van der Waals surface area contributed by atoms with Gasteiger partial charge in [0.15, 0.2) is 11.5 Å². The molecule has 0 saturated carbocycles. The van der Waals surface area contributed by atoms with E-state index in [1.54, 1.807) is 6.20 Å².